The molecule has 0 aromatic heterocycles. The lowest BCUT2D eigenvalue weighted by Crippen LogP contribution is -2.34. The summed E-state index contributed by atoms with van der Waals surface area (Å²) < 4.78 is 19.7. The van der Waals surface area contributed by atoms with Crippen LogP contribution in [0.25, 0.3) is 0 Å². The molecule has 7 heteroatoms. The lowest BCUT2D eigenvalue weighted by molar-refractivity contribution is -0.137. The number of carbonyl (C=O) groups excluding carboxylic acids is 2. The quantitative estimate of drug-likeness (QED) is 0.776. The molecule has 130 valence electrons. The number of ether oxygens (including phenoxy) is 1. The van der Waals surface area contributed by atoms with Crippen LogP contribution in [0.4, 0.5) is 10.1 Å². The molecule has 0 bridgehead atoms. The van der Waals surface area contributed by atoms with E-state index >= 15 is 0 Å². The molecule has 0 spiro atoms. The van der Waals surface area contributed by atoms with Gasteiger partial charge in [0.2, 0.25) is 0 Å². The van der Waals surface area contributed by atoms with Crippen LogP contribution in [0, 0.1) is 11.2 Å². The van der Waals surface area contributed by atoms with E-state index < -0.39 is 17.6 Å². The number of benzene rings is 1. The van der Waals surface area contributed by atoms with Gasteiger partial charge in [-0.1, -0.05) is 26.8 Å². The molecule has 1 aromatic carbocycles. The van der Waals surface area contributed by atoms with Crippen molar-refractivity contribution in [3.05, 3.63) is 35.8 Å². The van der Waals surface area contributed by atoms with Crippen molar-refractivity contribution >= 4 is 17.5 Å². The number of aliphatic hydroxyl groups is 1. The van der Waals surface area contributed by atoms with Crippen LogP contribution >= 0.6 is 0 Å². The first-order valence-corrected chi connectivity index (χ1v) is 7.59. The van der Waals surface area contributed by atoms with Crippen LogP contribution in [0.3, 0.4) is 0 Å². The summed E-state index contributed by atoms with van der Waals surface area (Å²) in [5, 5.41) is 11.7. The summed E-state index contributed by atoms with van der Waals surface area (Å²) in [5.74, 6) is -1.66. The Morgan fingerprint density at radius 2 is 2.00 bits per heavy atom. The highest BCUT2D eigenvalue weighted by atomic mass is 19.1. The maximum atomic E-state index is 14.1. The van der Waals surface area contributed by atoms with Gasteiger partial charge in [0.15, 0.2) is 11.6 Å². The number of hydrogen-bond acceptors (Lipinski definition) is 5. The molecule has 2 N–H and O–H groups in total. The van der Waals surface area contributed by atoms with Crippen molar-refractivity contribution in [2.75, 3.05) is 25.1 Å². The van der Waals surface area contributed by atoms with Crippen molar-refractivity contribution in [3.8, 4) is 5.75 Å². The second kappa shape index (κ2) is 7.00. The first-order valence-electron chi connectivity index (χ1n) is 7.59. The molecule has 1 aliphatic rings. The molecule has 0 aliphatic carbocycles. The van der Waals surface area contributed by atoms with E-state index in [0.29, 0.717) is 0 Å². The predicted octanol–water partition coefficient (Wildman–Crippen LogP) is 1.91. The second-order valence-electron chi connectivity index (χ2n) is 6.67. The van der Waals surface area contributed by atoms with Crippen LogP contribution < -0.4 is 10.1 Å². The molecule has 0 fully saturated rings. The first kappa shape index (κ1) is 17.9. The normalized spacial score (nSPS) is 14.9. The molecular weight excluding hydrogens is 315 g/mol. The summed E-state index contributed by atoms with van der Waals surface area (Å²) in [4.78, 5) is 24.8. The van der Waals surface area contributed by atoms with Gasteiger partial charge in [-0.15, -0.1) is 0 Å². The molecule has 6 nitrogen and oxygen atoms in total. The number of β-amino-alcohol motifs (C(OH)–C–C–N with tert-alkyl or cyclic N) is 1. The van der Waals surface area contributed by atoms with Gasteiger partial charge in [-0.2, -0.15) is 0 Å². The molecule has 2 rings (SSSR count). The highest BCUT2D eigenvalue weighted by molar-refractivity contribution is 6.17. The molecule has 2 amide bonds. The van der Waals surface area contributed by atoms with Crippen molar-refractivity contribution in [1.82, 2.24) is 4.90 Å². The van der Waals surface area contributed by atoms with Crippen LogP contribution in [-0.4, -0.2) is 41.6 Å². The van der Waals surface area contributed by atoms with Gasteiger partial charge in [-0.05, 0) is 17.5 Å². The summed E-state index contributed by atoms with van der Waals surface area (Å²) in [5.41, 5.74) is 0.104. The van der Waals surface area contributed by atoms with E-state index in [4.69, 9.17) is 9.84 Å². The van der Waals surface area contributed by atoms with Gasteiger partial charge < -0.3 is 15.2 Å². The molecule has 0 unspecified atom stereocenters. The van der Waals surface area contributed by atoms with Crippen molar-refractivity contribution < 1.29 is 23.8 Å². The standard InChI is InChI=1S/C17H21FN2O4/c1-17(2,3)10-24-15-11(18)5-4-6-12(15)19-13-9-14(22)20(7-8-21)16(13)23/h4-6,9,19,21H,7-8,10H2,1-3H3. The molecule has 1 aromatic rings. The number of para-hydroxylation sites is 1. The number of halogens is 1. The Morgan fingerprint density at radius 1 is 1.29 bits per heavy atom. The highest BCUT2D eigenvalue weighted by Gasteiger charge is 2.31. The van der Waals surface area contributed by atoms with E-state index in [2.05, 4.69) is 5.32 Å². The van der Waals surface area contributed by atoms with E-state index in [1.165, 1.54) is 12.1 Å². The third-order valence-electron chi connectivity index (χ3n) is 3.22. The molecule has 24 heavy (non-hydrogen) atoms. The van der Waals surface area contributed by atoms with Crippen molar-refractivity contribution in [1.29, 1.82) is 0 Å². The van der Waals surface area contributed by atoms with Crippen molar-refractivity contribution in [2.24, 2.45) is 5.41 Å². The Kier molecular flexibility index (Phi) is 5.23. The first-order chi connectivity index (χ1) is 11.2. The minimum absolute atomic E-state index is 0.00539. The number of imide groups is 1. The molecule has 0 radical (unpaired) electrons. The summed E-state index contributed by atoms with van der Waals surface area (Å²) in [6.07, 6.45) is 1.12. The summed E-state index contributed by atoms with van der Waals surface area (Å²) in [6.45, 7) is 5.74. The SMILES string of the molecule is CC(C)(C)COc1c(F)cccc1NC1=CC(=O)N(CCO)C1=O. The minimum Gasteiger partial charge on any atom is -0.488 e. The number of nitrogens with one attached hydrogen (secondary N) is 1. The van der Waals surface area contributed by atoms with Crippen LogP contribution in [-0.2, 0) is 9.59 Å². The van der Waals surface area contributed by atoms with E-state index in [-0.39, 0.29) is 42.3 Å². The third-order valence-corrected chi connectivity index (χ3v) is 3.22. The number of hydrogen-bond donors (Lipinski definition) is 2. The minimum atomic E-state index is -0.569. The van der Waals surface area contributed by atoms with Crippen LogP contribution in [0.5, 0.6) is 5.75 Å². The number of rotatable bonds is 6. The number of amides is 2. The fourth-order valence-corrected chi connectivity index (χ4v) is 2.10. The fraction of sp³-hybridized carbons (Fsp3) is 0.412. The third kappa shape index (κ3) is 4.11. The molecule has 0 saturated carbocycles. The molecule has 0 atom stereocenters. The number of anilines is 1. The molecular formula is C17H21FN2O4. The van der Waals surface area contributed by atoms with Gasteiger partial charge >= 0.3 is 0 Å². The molecule has 1 aliphatic heterocycles. The number of nitrogens with zero attached hydrogens (tertiary/aromatic N) is 1. The Balaban J connectivity index is 2.21. The van der Waals surface area contributed by atoms with Crippen LogP contribution in [0.15, 0.2) is 30.0 Å². The Hall–Kier alpha value is -2.41. The summed E-state index contributed by atoms with van der Waals surface area (Å²) in [6, 6.07) is 4.31. The van der Waals surface area contributed by atoms with Gasteiger partial charge in [0.25, 0.3) is 11.8 Å². The van der Waals surface area contributed by atoms with E-state index in [1.807, 2.05) is 20.8 Å². The largest absolute Gasteiger partial charge is 0.488 e. The van der Waals surface area contributed by atoms with Crippen LogP contribution in [0.2, 0.25) is 0 Å². The smallest absolute Gasteiger partial charge is 0.277 e. The Labute approximate surface area is 139 Å². The lowest BCUT2D eigenvalue weighted by atomic mass is 9.99. The maximum Gasteiger partial charge on any atom is 0.277 e. The average Bonchev–Trinajstić information content (AvgIpc) is 2.74. The van der Waals surface area contributed by atoms with Crippen molar-refractivity contribution in [3.63, 3.8) is 0 Å². The molecule has 1 heterocycles. The Morgan fingerprint density at radius 3 is 2.62 bits per heavy atom. The zero-order valence-electron chi connectivity index (χ0n) is 13.9. The van der Waals surface area contributed by atoms with E-state index in [9.17, 15) is 14.0 Å². The van der Waals surface area contributed by atoms with Gasteiger partial charge in [0.05, 0.1) is 25.4 Å². The van der Waals surface area contributed by atoms with Crippen LogP contribution in [0.1, 0.15) is 20.8 Å². The predicted molar refractivity (Wildman–Crippen MR) is 86.9 cm³/mol. The monoisotopic (exact) mass is 336 g/mol. The summed E-state index contributed by atoms with van der Waals surface area (Å²) in [7, 11) is 0. The van der Waals surface area contributed by atoms with Gasteiger partial charge in [0.1, 0.15) is 5.70 Å². The average molecular weight is 336 g/mol. The topological polar surface area (TPSA) is 78.9 Å². The number of carbonyl (C=O) groups is 2. The fourth-order valence-electron chi connectivity index (χ4n) is 2.10. The maximum absolute atomic E-state index is 14.1. The van der Waals surface area contributed by atoms with Gasteiger partial charge in [-0.3, -0.25) is 14.5 Å². The Bertz CT molecular complexity index is 680. The van der Waals surface area contributed by atoms with E-state index in [0.717, 1.165) is 11.0 Å². The lowest BCUT2D eigenvalue weighted by Gasteiger charge is -2.21. The number of aliphatic hydroxyl groups excluding tert-OH is 1. The van der Waals surface area contributed by atoms with Gasteiger partial charge in [-0.25, -0.2) is 4.39 Å². The second-order valence-corrected chi connectivity index (χ2v) is 6.67. The van der Waals surface area contributed by atoms with Crippen molar-refractivity contribution in [2.45, 2.75) is 20.8 Å². The zero-order valence-corrected chi connectivity index (χ0v) is 13.9. The highest BCUT2D eigenvalue weighted by Crippen LogP contribution is 2.31. The summed E-state index contributed by atoms with van der Waals surface area (Å²) >= 11 is 0. The zero-order chi connectivity index (χ0) is 17.9. The molecule has 0 saturated heterocycles. The van der Waals surface area contributed by atoms with Gasteiger partial charge in [0, 0.05) is 6.08 Å². The van der Waals surface area contributed by atoms with E-state index in [1.54, 1.807) is 6.07 Å².